The fourth-order valence-electron chi connectivity index (χ4n) is 2.20. The van der Waals surface area contributed by atoms with Gasteiger partial charge in [-0.15, -0.1) is 0 Å². The predicted octanol–water partition coefficient (Wildman–Crippen LogP) is 2.49. The molecule has 0 spiro atoms. The van der Waals surface area contributed by atoms with Crippen molar-refractivity contribution in [2.24, 2.45) is 0 Å². The lowest BCUT2D eigenvalue weighted by Gasteiger charge is -2.10. The Morgan fingerprint density at radius 1 is 1.39 bits per heavy atom. The van der Waals surface area contributed by atoms with Gasteiger partial charge in [-0.2, -0.15) is 0 Å². The molecule has 0 saturated carbocycles. The number of carbonyl (C=O) groups is 1. The van der Waals surface area contributed by atoms with Gasteiger partial charge in [0, 0.05) is 24.0 Å². The van der Waals surface area contributed by atoms with Gasteiger partial charge in [0.25, 0.3) is 0 Å². The van der Waals surface area contributed by atoms with Crippen molar-refractivity contribution in [2.75, 3.05) is 6.54 Å². The summed E-state index contributed by atoms with van der Waals surface area (Å²) < 4.78 is 0. The molecule has 18 heavy (non-hydrogen) atoms. The van der Waals surface area contributed by atoms with Crippen molar-refractivity contribution >= 4 is 17.5 Å². The van der Waals surface area contributed by atoms with Crippen LogP contribution in [0, 0.1) is 0 Å². The first-order chi connectivity index (χ1) is 8.74. The van der Waals surface area contributed by atoms with Gasteiger partial charge in [0.05, 0.1) is 0 Å². The van der Waals surface area contributed by atoms with Crippen molar-refractivity contribution < 1.29 is 4.79 Å². The topological polar surface area (TPSA) is 41.1 Å². The van der Waals surface area contributed by atoms with Crippen LogP contribution in [0.15, 0.2) is 24.3 Å². The summed E-state index contributed by atoms with van der Waals surface area (Å²) in [5, 5.41) is 7.05. The zero-order chi connectivity index (χ0) is 12.8. The first-order valence-corrected chi connectivity index (χ1v) is 6.86. The van der Waals surface area contributed by atoms with Crippen molar-refractivity contribution in [1.29, 1.82) is 0 Å². The van der Waals surface area contributed by atoms with Gasteiger partial charge in [-0.3, -0.25) is 4.79 Å². The van der Waals surface area contributed by atoms with Crippen LogP contribution < -0.4 is 10.6 Å². The lowest BCUT2D eigenvalue weighted by molar-refractivity contribution is -0.121. The third kappa shape index (κ3) is 4.31. The second-order valence-corrected chi connectivity index (χ2v) is 5.17. The maximum absolute atomic E-state index is 11.7. The van der Waals surface area contributed by atoms with E-state index in [0.29, 0.717) is 19.0 Å². The van der Waals surface area contributed by atoms with E-state index in [1.54, 1.807) is 0 Å². The summed E-state index contributed by atoms with van der Waals surface area (Å²) in [6.45, 7) is 1.67. The van der Waals surface area contributed by atoms with E-state index in [9.17, 15) is 4.79 Å². The largest absolute Gasteiger partial charge is 0.352 e. The molecular weight excluding hydrogens is 248 g/mol. The third-order valence-electron chi connectivity index (χ3n) is 3.29. The molecule has 2 rings (SSSR count). The van der Waals surface area contributed by atoms with Crippen molar-refractivity contribution in [1.82, 2.24) is 10.6 Å². The first kappa shape index (κ1) is 13.4. The molecular formula is C14H19ClN2O. The standard InChI is InChI=1S/C14H19ClN2O/c15-12-5-3-11(4-6-12)10-17-14(18)8-7-13-2-1-9-16-13/h3-6,13,16H,1-2,7-10H2,(H,17,18). The monoisotopic (exact) mass is 266 g/mol. The number of rotatable bonds is 5. The maximum atomic E-state index is 11.7. The van der Waals surface area contributed by atoms with Gasteiger partial charge in [0.15, 0.2) is 0 Å². The van der Waals surface area contributed by atoms with Crippen molar-refractivity contribution in [3.63, 3.8) is 0 Å². The van der Waals surface area contributed by atoms with Crippen molar-refractivity contribution in [3.8, 4) is 0 Å². The summed E-state index contributed by atoms with van der Waals surface area (Å²) in [6, 6.07) is 8.07. The van der Waals surface area contributed by atoms with E-state index >= 15 is 0 Å². The van der Waals surface area contributed by atoms with Crippen molar-refractivity contribution in [3.05, 3.63) is 34.9 Å². The number of hydrogen-bond donors (Lipinski definition) is 2. The molecule has 1 aromatic carbocycles. The molecule has 4 heteroatoms. The predicted molar refractivity (Wildman–Crippen MR) is 73.6 cm³/mol. The zero-order valence-corrected chi connectivity index (χ0v) is 11.2. The molecule has 3 nitrogen and oxygen atoms in total. The lowest BCUT2D eigenvalue weighted by atomic mass is 10.1. The van der Waals surface area contributed by atoms with Gasteiger partial charge < -0.3 is 10.6 Å². The molecule has 1 aliphatic heterocycles. The summed E-state index contributed by atoms with van der Waals surface area (Å²) in [4.78, 5) is 11.7. The van der Waals surface area contributed by atoms with E-state index in [-0.39, 0.29) is 5.91 Å². The molecule has 1 aliphatic rings. The van der Waals surface area contributed by atoms with E-state index in [1.807, 2.05) is 24.3 Å². The quantitative estimate of drug-likeness (QED) is 0.860. The first-order valence-electron chi connectivity index (χ1n) is 6.48. The molecule has 0 aliphatic carbocycles. The van der Waals surface area contributed by atoms with E-state index in [0.717, 1.165) is 23.6 Å². The fraction of sp³-hybridized carbons (Fsp3) is 0.500. The van der Waals surface area contributed by atoms with Gasteiger partial charge >= 0.3 is 0 Å². The Labute approximate surface area is 113 Å². The van der Waals surface area contributed by atoms with Crippen LogP contribution in [0.2, 0.25) is 5.02 Å². The minimum Gasteiger partial charge on any atom is -0.352 e. The van der Waals surface area contributed by atoms with Gasteiger partial charge in [-0.25, -0.2) is 0 Å². The molecule has 1 atom stereocenters. The summed E-state index contributed by atoms with van der Waals surface area (Å²) in [5.41, 5.74) is 1.08. The normalized spacial score (nSPS) is 18.8. The van der Waals surface area contributed by atoms with Crippen molar-refractivity contribution in [2.45, 2.75) is 38.3 Å². The lowest BCUT2D eigenvalue weighted by Crippen LogP contribution is -2.27. The minimum absolute atomic E-state index is 0.124. The van der Waals surface area contributed by atoms with Crippen LogP contribution in [-0.2, 0) is 11.3 Å². The number of halogens is 1. The highest BCUT2D eigenvalue weighted by molar-refractivity contribution is 6.30. The molecule has 1 unspecified atom stereocenters. The number of nitrogens with one attached hydrogen (secondary N) is 2. The molecule has 1 heterocycles. The Morgan fingerprint density at radius 3 is 2.83 bits per heavy atom. The minimum atomic E-state index is 0.124. The van der Waals surface area contributed by atoms with Crippen LogP contribution in [0.25, 0.3) is 0 Å². The summed E-state index contributed by atoms with van der Waals surface area (Å²) in [7, 11) is 0. The number of amides is 1. The molecule has 1 amide bonds. The molecule has 1 aromatic rings. The van der Waals surface area contributed by atoms with E-state index in [2.05, 4.69) is 10.6 Å². The second kappa shape index (κ2) is 6.76. The van der Waals surface area contributed by atoms with E-state index in [4.69, 9.17) is 11.6 Å². The van der Waals surface area contributed by atoms with Crippen LogP contribution in [0.3, 0.4) is 0 Å². The highest BCUT2D eigenvalue weighted by Gasteiger charge is 2.14. The third-order valence-corrected chi connectivity index (χ3v) is 3.54. The van der Waals surface area contributed by atoms with E-state index in [1.165, 1.54) is 12.8 Å². The van der Waals surface area contributed by atoms with Crippen LogP contribution in [0.4, 0.5) is 0 Å². The van der Waals surface area contributed by atoms with Gasteiger partial charge in [-0.05, 0) is 43.5 Å². The van der Waals surface area contributed by atoms with E-state index < -0.39 is 0 Å². The van der Waals surface area contributed by atoms with Gasteiger partial charge in [0.2, 0.25) is 5.91 Å². The van der Waals surface area contributed by atoms with Crippen LogP contribution in [0.5, 0.6) is 0 Å². The fourth-order valence-corrected chi connectivity index (χ4v) is 2.33. The summed E-state index contributed by atoms with van der Waals surface area (Å²) in [6.07, 6.45) is 3.97. The SMILES string of the molecule is O=C(CCC1CCCN1)NCc1ccc(Cl)cc1. The smallest absolute Gasteiger partial charge is 0.220 e. The zero-order valence-electron chi connectivity index (χ0n) is 10.4. The van der Waals surface area contributed by atoms with Crippen LogP contribution in [-0.4, -0.2) is 18.5 Å². The Balaban J connectivity index is 1.66. The van der Waals surface area contributed by atoms with Crippen LogP contribution in [0.1, 0.15) is 31.2 Å². The second-order valence-electron chi connectivity index (χ2n) is 4.74. The Kier molecular flexibility index (Phi) is 5.02. The van der Waals surface area contributed by atoms with Gasteiger partial charge in [-0.1, -0.05) is 23.7 Å². The molecule has 1 fully saturated rings. The molecule has 98 valence electrons. The summed E-state index contributed by atoms with van der Waals surface area (Å²) >= 11 is 5.80. The molecule has 2 N–H and O–H groups in total. The highest BCUT2D eigenvalue weighted by atomic mass is 35.5. The molecule has 0 radical (unpaired) electrons. The van der Waals surface area contributed by atoms with Crippen LogP contribution >= 0.6 is 11.6 Å². The average molecular weight is 267 g/mol. The molecule has 0 bridgehead atoms. The number of carbonyl (C=O) groups excluding carboxylic acids is 1. The molecule has 1 saturated heterocycles. The maximum Gasteiger partial charge on any atom is 0.220 e. The summed E-state index contributed by atoms with van der Waals surface area (Å²) in [5.74, 6) is 0.124. The molecule has 0 aromatic heterocycles. The van der Waals surface area contributed by atoms with Gasteiger partial charge in [0.1, 0.15) is 0 Å². The Bertz CT molecular complexity index is 385. The number of hydrogen-bond acceptors (Lipinski definition) is 2. The highest BCUT2D eigenvalue weighted by Crippen LogP contribution is 2.11. The number of benzene rings is 1. The Morgan fingerprint density at radius 2 is 2.17 bits per heavy atom. The average Bonchev–Trinajstić information content (AvgIpc) is 2.89. The Hall–Kier alpha value is -1.06.